The van der Waals surface area contributed by atoms with E-state index >= 15 is 0 Å². The van der Waals surface area contributed by atoms with Gasteiger partial charge in [0.15, 0.2) is 6.10 Å². The molecule has 436 valence electrons. The highest BCUT2D eigenvalue weighted by atomic mass is 31.2. The molecule has 74 heavy (non-hydrogen) atoms. The van der Waals surface area contributed by atoms with Crippen LogP contribution in [0.2, 0.25) is 0 Å². The number of likely N-dealkylation sites (N-methyl/N-ethyl adjacent to an activating group) is 1. The van der Waals surface area contributed by atoms with E-state index in [1.807, 2.05) is 21.1 Å². The van der Waals surface area contributed by atoms with Crippen molar-refractivity contribution < 1.29 is 42.1 Å². The lowest BCUT2D eigenvalue weighted by molar-refractivity contribution is -0.870. The van der Waals surface area contributed by atoms with E-state index in [2.05, 4.69) is 50.3 Å². The van der Waals surface area contributed by atoms with Crippen LogP contribution in [-0.2, 0) is 32.7 Å². The molecule has 0 saturated heterocycles. The van der Waals surface area contributed by atoms with Gasteiger partial charge in [-0.25, -0.2) is 4.57 Å². The maximum absolute atomic E-state index is 12.8. The Morgan fingerprint density at radius 2 is 0.730 bits per heavy atom. The van der Waals surface area contributed by atoms with E-state index in [1.165, 1.54) is 238 Å². The molecule has 0 amide bonds. The number of nitrogens with zero attached hydrogens (tertiary/aromatic N) is 1. The predicted molar refractivity (Wildman–Crippen MR) is 317 cm³/mol. The highest BCUT2D eigenvalue weighted by Crippen LogP contribution is 2.43. The van der Waals surface area contributed by atoms with Crippen molar-refractivity contribution in [2.24, 2.45) is 0 Å². The standard InChI is InChI=1S/C64H122NO8P/c1-6-8-10-12-14-16-18-20-22-24-25-26-27-28-29-30-31-32-33-34-35-36-37-38-39-41-43-45-47-49-51-53-55-57-64(67)73-62(61-72-74(68,69)71-59-58-65(3,4)5)60-70-63(66)56-54-52-50-48-46-44-42-40-23-21-19-17-15-13-11-9-7-2/h18,20-21,23-25,62H,6-17,19,22,26-61H2,1-5H3/p+1/b20-18-,23-21-,25-24-. The van der Waals surface area contributed by atoms with Gasteiger partial charge in [0, 0.05) is 12.8 Å². The Kier molecular flexibility index (Phi) is 54.6. The molecule has 0 fully saturated rings. The minimum Gasteiger partial charge on any atom is -0.462 e. The fourth-order valence-corrected chi connectivity index (χ4v) is 9.96. The van der Waals surface area contributed by atoms with Crippen LogP contribution in [0, 0.1) is 0 Å². The predicted octanol–water partition coefficient (Wildman–Crippen LogP) is 19.9. The number of phosphoric ester groups is 1. The number of carbonyl (C=O) groups is 2. The Morgan fingerprint density at radius 1 is 0.419 bits per heavy atom. The normalized spacial score (nSPS) is 13.4. The van der Waals surface area contributed by atoms with Gasteiger partial charge in [0.05, 0.1) is 27.7 Å². The molecule has 9 nitrogen and oxygen atoms in total. The van der Waals surface area contributed by atoms with Crippen LogP contribution in [0.25, 0.3) is 0 Å². The first-order valence-corrected chi connectivity index (χ1v) is 33.2. The fourth-order valence-electron chi connectivity index (χ4n) is 9.22. The number of phosphoric acid groups is 1. The Hall–Kier alpha value is -1.77. The number of quaternary nitrogens is 1. The summed E-state index contributed by atoms with van der Waals surface area (Å²) < 4.78 is 34.6. The molecule has 0 heterocycles. The van der Waals surface area contributed by atoms with Crippen LogP contribution in [0.3, 0.4) is 0 Å². The summed E-state index contributed by atoms with van der Waals surface area (Å²) in [4.78, 5) is 35.7. The van der Waals surface area contributed by atoms with Gasteiger partial charge < -0.3 is 18.9 Å². The zero-order chi connectivity index (χ0) is 54.2. The van der Waals surface area contributed by atoms with E-state index in [0.29, 0.717) is 17.4 Å². The van der Waals surface area contributed by atoms with Gasteiger partial charge in [0.25, 0.3) is 0 Å². The number of unbranched alkanes of at least 4 members (excludes halogenated alkanes) is 39. The number of ether oxygens (including phenoxy) is 2. The molecule has 0 aliphatic carbocycles. The maximum atomic E-state index is 12.8. The molecule has 0 saturated carbocycles. The van der Waals surface area contributed by atoms with Crippen molar-refractivity contribution in [1.82, 2.24) is 0 Å². The SMILES string of the molecule is CCCCCCC/C=C\C/C=C\CCCCCCCCCCCCCCCCCCCCCCCC(=O)OC(COC(=O)CCCCCCCCC/C=C\CCCCCCCC)COP(=O)(O)OCC[N+](C)(C)C. The molecule has 0 aliphatic heterocycles. The summed E-state index contributed by atoms with van der Waals surface area (Å²) in [6.07, 6.45) is 69.5. The molecule has 0 bridgehead atoms. The van der Waals surface area contributed by atoms with Gasteiger partial charge in [0.1, 0.15) is 19.8 Å². The minimum atomic E-state index is -4.38. The van der Waals surface area contributed by atoms with Gasteiger partial charge >= 0.3 is 19.8 Å². The lowest BCUT2D eigenvalue weighted by Gasteiger charge is -2.24. The van der Waals surface area contributed by atoms with Gasteiger partial charge in [-0.2, -0.15) is 0 Å². The molecule has 0 aliphatic rings. The summed E-state index contributed by atoms with van der Waals surface area (Å²) >= 11 is 0. The highest BCUT2D eigenvalue weighted by Gasteiger charge is 2.27. The monoisotopic (exact) mass is 1060 g/mol. The van der Waals surface area contributed by atoms with Crippen LogP contribution < -0.4 is 0 Å². The van der Waals surface area contributed by atoms with Gasteiger partial charge in [0.2, 0.25) is 0 Å². The number of esters is 2. The van der Waals surface area contributed by atoms with Gasteiger partial charge in [-0.15, -0.1) is 0 Å². The van der Waals surface area contributed by atoms with E-state index in [9.17, 15) is 19.0 Å². The molecule has 10 heteroatoms. The highest BCUT2D eigenvalue weighted by molar-refractivity contribution is 7.47. The van der Waals surface area contributed by atoms with E-state index in [-0.39, 0.29) is 32.0 Å². The molecule has 1 N–H and O–H groups in total. The largest absolute Gasteiger partial charge is 0.472 e. The minimum absolute atomic E-state index is 0.0331. The number of hydrogen-bond donors (Lipinski definition) is 1. The average Bonchev–Trinajstić information content (AvgIpc) is 3.36. The number of rotatable bonds is 59. The van der Waals surface area contributed by atoms with Crippen molar-refractivity contribution in [3.05, 3.63) is 36.5 Å². The first kappa shape index (κ1) is 72.2. The van der Waals surface area contributed by atoms with Crippen LogP contribution in [-0.4, -0.2) is 74.9 Å². The first-order chi connectivity index (χ1) is 36.0. The molecule has 0 spiro atoms. The van der Waals surface area contributed by atoms with E-state index in [0.717, 1.165) is 38.5 Å². The zero-order valence-corrected chi connectivity index (χ0v) is 50.5. The maximum Gasteiger partial charge on any atom is 0.472 e. The Bertz CT molecular complexity index is 1340. The average molecular weight is 1070 g/mol. The second kappa shape index (κ2) is 56.0. The summed E-state index contributed by atoms with van der Waals surface area (Å²) in [7, 11) is 1.49. The summed E-state index contributed by atoms with van der Waals surface area (Å²) in [5.41, 5.74) is 0. The second-order valence-electron chi connectivity index (χ2n) is 22.8. The number of carbonyl (C=O) groups excluding carboxylic acids is 2. The molecule has 0 aromatic heterocycles. The van der Waals surface area contributed by atoms with E-state index in [1.54, 1.807) is 0 Å². The first-order valence-electron chi connectivity index (χ1n) is 31.7. The van der Waals surface area contributed by atoms with E-state index in [4.69, 9.17) is 18.5 Å². The second-order valence-corrected chi connectivity index (χ2v) is 24.2. The smallest absolute Gasteiger partial charge is 0.462 e. The summed E-state index contributed by atoms with van der Waals surface area (Å²) in [5.74, 6) is -0.787. The van der Waals surface area contributed by atoms with Crippen LogP contribution in [0.1, 0.15) is 309 Å². The molecular weight excluding hydrogens is 942 g/mol. The van der Waals surface area contributed by atoms with Gasteiger partial charge in [-0.1, -0.05) is 262 Å². The van der Waals surface area contributed by atoms with Crippen LogP contribution >= 0.6 is 7.82 Å². The topological polar surface area (TPSA) is 108 Å². The molecule has 0 aromatic rings. The van der Waals surface area contributed by atoms with E-state index < -0.39 is 26.5 Å². The third kappa shape index (κ3) is 59.5. The van der Waals surface area contributed by atoms with Gasteiger partial charge in [-0.05, 0) is 70.6 Å². The molecule has 2 atom stereocenters. The summed E-state index contributed by atoms with van der Waals surface area (Å²) in [6.45, 7) is 4.46. The number of allylic oxidation sites excluding steroid dienone is 6. The Balaban J connectivity index is 4.00. The van der Waals surface area contributed by atoms with Crippen LogP contribution in [0.15, 0.2) is 36.5 Å². The lowest BCUT2D eigenvalue weighted by Crippen LogP contribution is -2.37. The van der Waals surface area contributed by atoms with Crippen molar-refractivity contribution in [2.75, 3.05) is 47.5 Å². The van der Waals surface area contributed by atoms with Crippen molar-refractivity contribution in [3.8, 4) is 0 Å². The lowest BCUT2D eigenvalue weighted by atomic mass is 10.0. The van der Waals surface area contributed by atoms with Gasteiger partial charge in [-0.3, -0.25) is 18.6 Å². The molecule has 0 rings (SSSR count). The summed E-state index contributed by atoms with van der Waals surface area (Å²) in [6, 6.07) is 0. The molecule has 2 unspecified atom stereocenters. The van der Waals surface area contributed by atoms with Crippen molar-refractivity contribution >= 4 is 19.8 Å². The quantitative estimate of drug-likeness (QED) is 0.0211. The van der Waals surface area contributed by atoms with Crippen molar-refractivity contribution in [2.45, 2.75) is 315 Å². The third-order valence-electron chi connectivity index (χ3n) is 14.1. The van der Waals surface area contributed by atoms with Crippen molar-refractivity contribution in [3.63, 3.8) is 0 Å². The summed E-state index contributed by atoms with van der Waals surface area (Å²) in [5, 5.41) is 0. The Labute approximate surface area is 459 Å². The van der Waals surface area contributed by atoms with Crippen LogP contribution in [0.4, 0.5) is 0 Å². The zero-order valence-electron chi connectivity index (χ0n) is 49.6. The van der Waals surface area contributed by atoms with Crippen LogP contribution in [0.5, 0.6) is 0 Å². The Morgan fingerprint density at radius 3 is 1.08 bits per heavy atom. The number of hydrogen-bond acceptors (Lipinski definition) is 7. The molecular formula is C64H123NO8P+. The fraction of sp³-hybridized carbons (Fsp3) is 0.875. The molecule has 0 aromatic carbocycles. The third-order valence-corrected chi connectivity index (χ3v) is 15.1. The molecule has 0 radical (unpaired) electrons. The van der Waals surface area contributed by atoms with Crippen molar-refractivity contribution in [1.29, 1.82) is 0 Å².